The van der Waals surface area contributed by atoms with Crippen LogP contribution in [0.2, 0.25) is 0 Å². The van der Waals surface area contributed by atoms with Crippen molar-refractivity contribution in [3.8, 4) is 11.4 Å². The molecule has 3 aromatic rings. The van der Waals surface area contributed by atoms with Gasteiger partial charge in [0.1, 0.15) is 0 Å². The van der Waals surface area contributed by atoms with Crippen LogP contribution in [0.4, 0.5) is 5.69 Å². The molecule has 3 rings (SSSR count). The summed E-state index contributed by atoms with van der Waals surface area (Å²) in [5.74, 6) is 1.47. The van der Waals surface area contributed by atoms with Crippen molar-refractivity contribution in [1.82, 2.24) is 14.8 Å². The normalized spacial score (nSPS) is 10.9. The van der Waals surface area contributed by atoms with Crippen LogP contribution in [0.1, 0.15) is 37.8 Å². The molecule has 156 valence electrons. The van der Waals surface area contributed by atoms with Gasteiger partial charge in [-0.2, -0.15) is 0 Å². The van der Waals surface area contributed by atoms with E-state index in [9.17, 15) is 4.79 Å². The molecule has 0 spiro atoms. The van der Waals surface area contributed by atoms with Crippen molar-refractivity contribution in [3.05, 3.63) is 72.3 Å². The third kappa shape index (κ3) is 5.19. The van der Waals surface area contributed by atoms with Crippen LogP contribution in [0.5, 0.6) is 0 Å². The van der Waals surface area contributed by atoms with Crippen LogP contribution in [0.3, 0.4) is 0 Å². The minimum atomic E-state index is -0.0584. The summed E-state index contributed by atoms with van der Waals surface area (Å²) in [7, 11) is 0. The molecule has 0 fully saturated rings. The second-order valence-corrected chi connectivity index (χ2v) is 8.27. The van der Waals surface area contributed by atoms with Gasteiger partial charge in [-0.1, -0.05) is 81.1 Å². The number of thioether (sulfide) groups is 1. The number of aromatic nitrogens is 3. The topological polar surface area (TPSA) is 59.8 Å². The Hall–Kier alpha value is -2.86. The van der Waals surface area contributed by atoms with Crippen molar-refractivity contribution in [2.45, 2.75) is 44.8 Å². The van der Waals surface area contributed by atoms with Gasteiger partial charge in [0.25, 0.3) is 0 Å². The third-order valence-electron chi connectivity index (χ3n) is 4.87. The number of para-hydroxylation sites is 1. The Morgan fingerprint density at radius 3 is 2.57 bits per heavy atom. The van der Waals surface area contributed by atoms with E-state index >= 15 is 0 Å². The SMILES string of the molecule is C=CCn1c(SCC(=O)Nc2ccccc2CC)nnc1-c1ccc(C(C)C)cc1. The summed E-state index contributed by atoms with van der Waals surface area (Å²) < 4.78 is 2.00. The van der Waals surface area contributed by atoms with E-state index in [1.54, 1.807) is 0 Å². The summed E-state index contributed by atoms with van der Waals surface area (Å²) in [6.45, 7) is 10.9. The molecule has 2 aromatic carbocycles. The lowest BCUT2D eigenvalue weighted by Gasteiger charge is -2.11. The number of rotatable bonds is 9. The summed E-state index contributed by atoms with van der Waals surface area (Å²) in [4.78, 5) is 12.5. The number of nitrogens with zero attached hydrogens (tertiary/aromatic N) is 3. The van der Waals surface area contributed by atoms with Crippen molar-refractivity contribution >= 4 is 23.4 Å². The monoisotopic (exact) mass is 420 g/mol. The Balaban J connectivity index is 1.73. The van der Waals surface area contributed by atoms with E-state index in [1.807, 2.05) is 34.9 Å². The van der Waals surface area contributed by atoms with E-state index in [0.29, 0.717) is 17.6 Å². The first-order valence-electron chi connectivity index (χ1n) is 10.2. The van der Waals surface area contributed by atoms with Crippen molar-refractivity contribution in [3.63, 3.8) is 0 Å². The number of carbonyl (C=O) groups excluding carboxylic acids is 1. The smallest absolute Gasteiger partial charge is 0.234 e. The third-order valence-corrected chi connectivity index (χ3v) is 5.84. The van der Waals surface area contributed by atoms with Crippen molar-refractivity contribution < 1.29 is 4.79 Å². The maximum Gasteiger partial charge on any atom is 0.234 e. The first kappa shape index (κ1) is 21.8. The van der Waals surface area contributed by atoms with Crippen LogP contribution >= 0.6 is 11.8 Å². The molecule has 30 heavy (non-hydrogen) atoms. The summed E-state index contributed by atoms with van der Waals surface area (Å²) in [5, 5.41) is 12.4. The minimum Gasteiger partial charge on any atom is -0.325 e. The van der Waals surface area contributed by atoms with Gasteiger partial charge in [-0.15, -0.1) is 16.8 Å². The zero-order valence-electron chi connectivity index (χ0n) is 17.8. The molecule has 0 aliphatic rings. The Bertz CT molecular complexity index is 1010. The van der Waals surface area contributed by atoms with Crippen LogP contribution < -0.4 is 5.32 Å². The Morgan fingerprint density at radius 2 is 1.90 bits per heavy atom. The molecular formula is C24H28N4OS. The fraction of sp³-hybridized carbons (Fsp3) is 0.292. The van der Waals surface area contributed by atoms with Gasteiger partial charge >= 0.3 is 0 Å². The second-order valence-electron chi connectivity index (χ2n) is 7.33. The van der Waals surface area contributed by atoms with E-state index in [1.165, 1.54) is 17.3 Å². The van der Waals surface area contributed by atoms with Crippen LogP contribution in [0.15, 0.2) is 66.3 Å². The molecule has 0 atom stereocenters. The highest BCUT2D eigenvalue weighted by atomic mass is 32.2. The number of nitrogens with one attached hydrogen (secondary N) is 1. The van der Waals surface area contributed by atoms with Crippen LogP contribution in [-0.2, 0) is 17.8 Å². The molecule has 0 unspecified atom stereocenters. The number of hydrogen-bond acceptors (Lipinski definition) is 4. The molecule has 0 aliphatic heterocycles. The van der Waals surface area contributed by atoms with Crippen LogP contribution in [0.25, 0.3) is 11.4 Å². The van der Waals surface area contributed by atoms with E-state index < -0.39 is 0 Å². The maximum absolute atomic E-state index is 12.5. The first-order valence-corrected chi connectivity index (χ1v) is 11.2. The second kappa shape index (κ2) is 10.3. The van der Waals surface area contributed by atoms with E-state index in [0.717, 1.165) is 29.1 Å². The van der Waals surface area contributed by atoms with Crippen molar-refractivity contribution in [2.75, 3.05) is 11.1 Å². The predicted octanol–water partition coefficient (Wildman–Crippen LogP) is 5.55. The lowest BCUT2D eigenvalue weighted by Crippen LogP contribution is -2.15. The molecule has 1 heterocycles. The molecule has 5 nitrogen and oxygen atoms in total. The quantitative estimate of drug-likeness (QED) is 0.364. The Labute approximate surface area is 182 Å². The zero-order chi connectivity index (χ0) is 21.5. The molecule has 1 amide bonds. The zero-order valence-corrected chi connectivity index (χ0v) is 18.6. The number of allylic oxidation sites excluding steroid dienone is 1. The van der Waals surface area contributed by atoms with Gasteiger partial charge in [-0.3, -0.25) is 9.36 Å². The molecule has 0 bridgehead atoms. The number of benzene rings is 2. The summed E-state index contributed by atoms with van der Waals surface area (Å²) >= 11 is 1.38. The van der Waals surface area contributed by atoms with Gasteiger partial charge < -0.3 is 5.32 Å². The maximum atomic E-state index is 12.5. The predicted molar refractivity (Wildman–Crippen MR) is 125 cm³/mol. The van der Waals surface area contributed by atoms with Crippen LogP contribution in [0, 0.1) is 0 Å². The highest BCUT2D eigenvalue weighted by Crippen LogP contribution is 2.26. The lowest BCUT2D eigenvalue weighted by molar-refractivity contribution is -0.113. The molecule has 0 aliphatic carbocycles. The minimum absolute atomic E-state index is 0.0584. The van der Waals surface area contributed by atoms with Gasteiger partial charge in [0.2, 0.25) is 5.91 Å². The largest absolute Gasteiger partial charge is 0.325 e. The standard InChI is InChI=1S/C24H28N4OS/c1-5-15-28-23(20-13-11-19(12-14-20)17(3)4)26-27-24(28)30-16-22(29)25-21-10-8-7-9-18(21)6-2/h5,7-14,17H,1,6,15-16H2,2-4H3,(H,25,29). The first-order chi connectivity index (χ1) is 14.5. The highest BCUT2D eigenvalue weighted by Gasteiger charge is 2.15. The molecule has 1 N–H and O–H groups in total. The summed E-state index contributed by atoms with van der Waals surface area (Å²) in [5.41, 5.74) is 4.27. The van der Waals surface area contributed by atoms with Gasteiger partial charge in [-0.05, 0) is 29.5 Å². The molecule has 0 radical (unpaired) electrons. The van der Waals surface area contributed by atoms with E-state index in [-0.39, 0.29) is 11.7 Å². The Kier molecular flexibility index (Phi) is 7.46. The number of aryl methyl sites for hydroxylation is 1. The van der Waals surface area contributed by atoms with Gasteiger partial charge in [0.15, 0.2) is 11.0 Å². The van der Waals surface area contributed by atoms with Gasteiger partial charge in [0.05, 0.1) is 5.75 Å². The van der Waals surface area contributed by atoms with Gasteiger partial charge in [0, 0.05) is 17.8 Å². The summed E-state index contributed by atoms with van der Waals surface area (Å²) in [6, 6.07) is 16.3. The number of amides is 1. The molecular weight excluding hydrogens is 392 g/mol. The van der Waals surface area contributed by atoms with Gasteiger partial charge in [-0.25, -0.2) is 0 Å². The fourth-order valence-corrected chi connectivity index (χ4v) is 3.93. The molecule has 1 aromatic heterocycles. The van der Waals surface area contributed by atoms with Crippen molar-refractivity contribution in [1.29, 1.82) is 0 Å². The molecule has 6 heteroatoms. The number of hydrogen-bond donors (Lipinski definition) is 1. The Morgan fingerprint density at radius 1 is 1.17 bits per heavy atom. The summed E-state index contributed by atoms with van der Waals surface area (Å²) in [6.07, 6.45) is 2.69. The highest BCUT2D eigenvalue weighted by molar-refractivity contribution is 7.99. The van der Waals surface area contributed by atoms with E-state index in [2.05, 4.69) is 67.1 Å². The average Bonchev–Trinajstić information content (AvgIpc) is 3.15. The molecule has 0 saturated carbocycles. The fourth-order valence-electron chi connectivity index (χ4n) is 3.19. The average molecular weight is 421 g/mol. The van der Waals surface area contributed by atoms with Crippen molar-refractivity contribution in [2.24, 2.45) is 0 Å². The van der Waals surface area contributed by atoms with Crippen LogP contribution in [-0.4, -0.2) is 26.4 Å². The van der Waals surface area contributed by atoms with E-state index in [4.69, 9.17) is 0 Å². The number of anilines is 1. The molecule has 0 saturated heterocycles. The number of carbonyl (C=O) groups is 1. The lowest BCUT2D eigenvalue weighted by atomic mass is 10.0.